The zero-order valence-corrected chi connectivity index (χ0v) is 21.6. The van der Waals surface area contributed by atoms with Crippen molar-refractivity contribution < 1.29 is 18.5 Å². The minimum atomic E-state index is -0.262. The van der Waals surface area contributed by atoms with Crippen molar-refractivity contribution in [2.24, 2.45) is 0 Å². The van der Waals surface area contributed by atoms with Crippen LogP contribution in [-0.4, -0.2) is 55.8 Å². The monoisotopic (exact) mass is 520 g/mol. The Hall–Kier alpha value is -3.75. The molecule has 2 aromatic heterocycles. The van der Waals surface area contributed by atoms with Crippen molar-refractivity contribution in [1.29, 1.82) is 0 Å². The predicted octanol–water partition coefficient (Wildman–Crippen LogP) is 5.20. The van der Waals surface area contributed by atoms with Crippen LogP contribution in [0.25, 0.3) is 11.3 Å². The fraction of sp³-hybridized carbons (Fsp3) is 0.286. The van der Waals surface area contributed by atoms with Crippen LogP contribution in [0.1, 0.15) is 27.9 Å². The summed E-state index contributed by atoms with van der Waals surface area (Å²) >= 11 is 6.37. The standard InChI is InChI=1S/C28H29ClN4O4/c1-19-26(27(31-37-19)22-6-3-4-7-23(22)29)28(34)30-18-24(25-8-5-17-36-25)33-15-13-32(14-16-33)20-9-11-21(35-2)12-10-20/h3-12,17,24H,13-16,18H2,1-2H3,(H,30,34). The molecule has 1 saturated heterocycles. The average Bonchev–Trinajstić information content (AvgIpc) is 3.60. The second-order valence-corrected chi connectivity index (χ2v) is 9.31. The van der Waals surface area contributed by atoms with Crippen molar-refractivity contribution in [3.8, 4) is 17.0 Å². The first-order valence-corrected chi connectivity index (χ1v) is 12.6. The van der Waals surface area contributed by atoms with Gasteiger partial charge in [0.25, 0.3) is 5.91 Å². The molecular weight excluding hydrogens is 492 g/mol. The zero-order chi connectivity index (χ0) is 25.8. The molecule has 0 spiro atoms. The van der Waals surface area contributed by atoms with E-state index in [1.807, 2.05) is 42.5 Å². The maximum Gasteiger partial charge on any atom is 0.257 e. The van der Waals surface area contributed by atoms with Gasteiger partial charge in [0.05, 0.1) is 24.4 Å². The van der Waals surface area contributed by atoms with E-state index in [-0.39, 0.29) is 11.9 Å². The van der Waals surface area contributed by atoms with E-state index < -0.39 is 0 Å². The second kappa shape index (κ2) is 11.1. The Morgan fingerprint density at radius 2 is 1.84 bits per heavy atom. The average molecular weight is 521 g/mol. The number of amides is 1. The molecule has 5 rings (SSSR count). The molecule has 1 aliphatic heterocycles. The number of ether oxygens (including phenoxy) is 1. The van der Waals surface area contributed by atoms with Crippen LogP contribution in [-0.2, 0) is 0 Å². The maximum absolute atomic E-state index is 13.4. The van der Waals surface area contributed by atoms with Crippen LogP contribution in [0.15, 0.2) is 75.9 Å². The van der Waals surface area contributed by atoms with Crippen LogP contribution in [0.4, 0.5) is 5.69 Å². The number of benzene rings is 2. The van der Waals surface area contributed by atoms with Crippen molar-refractivity contribution in [2.75, 3.05) is 44.7 Å². The lowest BCUT2D eigenvalue weighted by Crippen LogP contribution is -2.49. The van der Waals surface area contributed by atoms with E-state index in [4.69, 9.17) is 25.3 Å². The van der Waals surface area contributed by atoms with E-state index in [1.165, 1.54) is 5.69 Å². The summed E-state index contributed by atoms with van der Waals surface area (Å²) < 4.78 is 16.4. The molecule has 1 N–H and O–H groups in total. The van der Waals surface area contributed by atoms with Crippen LogP contribution in [0.5, 0.6) is 5.75 Å². The number of carbonyl (C=O) groups excluding carboxylic acids is 1. The number of methoxy groups -OCH3 is 1. The molecule has 1 atom stereocenters. The number of carbonyl (C=O) groups is 1. The third kappa shape index (κ3) is 5.35. The van der Waals surface area contributed by atoms with Gasteiger partial charge >= 0.3 is 0 Å². The van der Waals surface area contributed by atoms with E-state index in [9.17, 15) is 4.79 Å². The number of furan rings is 1. The molecule has 1 fully saturated rings. The smallest absolute Gasteiger partial charge is 0.257 e. The fourth-order valence-electron chi connectivity index (χ4n) is 4.73. The Morgan fingerprint density at radius 3 is 2.51 bits per heavy atom. The SMILES string of the molecule is COc1ccc(N2CCN(C(CNC(=O)c3c(-c4ccccc4Cl)noc3C)c3ccco3)CC2)cc1. The van der Waals surface area contributed by atoms with Crippen LogP contribution in [0.3, 0.4) is 0 Å². The Morgan fingerprint density at radius 1 is 1.08 bits per heavy atom. The molecule has 3 heterocycles. The van der Waals surface area contributed by atoms with E-state index >= 15 is 0 Å². The van der Waals surface area contributed by atoms with Crippen LogP contribution >= 0.6 is 11.6 Å². The van der Waals surface area contributed by atoms with Gasteiger partial charge in [0.1, 0.15) is 28.5 Å². The largest absolute Gasteiger partial charge is 0.497 e. The molecule has 0 aliphatic carbocycles. The van der Waals surface area contributed by atoms with Crippen molar-refractivity contribution in [3.05, 3.63) is 89.0 Å². The lowest BCUT2D eigenvalue weighted by atomic mass is 10.1. The molecule has 1 amide bonds. The molecule has 0 radical (unpaired) electrons. The Kier molecular flexibility index (Phi) is 7.48. The number of aryl methyl sites for hydroxylation is 1. The number of halogens is 1. The van der Waals surface area contributed by atoms with Gasteiger partial charge in [-0.2, -0.15) is 0 Å². The third-order valence-corrected chi connectivity index (χ3v) is 7.07. The Balaban J connectivity index is 1.28. The van der Waals surface area contributed by atoms with Gasteiger partial charge in [-0.25, -0.2) is 0 Å². The molecule has 1 unspecified atom stereocenters. The summed E-state index contributed by atoms with van der Waals surface area (Å²) in [7, 11) is 1.67. The highest BCUT2D eigenvalue weighted by Crippen LogP contribution is 2.31. The van der Waals surface area contributed by atoms with Crippen molar-refractivity contribution in [1.82, 2.24) is 15.4 Å². The van der Waals surface area contributed by atoms with Gasteiger partial charge in [-0.05, 0) is 49.4 Å². The van der Waals surface area contributed by atoms with Gasteiger partial charge in [-0.3, -0.25) is 9.69 Å². The van der Waals surface area contributed by atoms with Crippen LogP contribution in [0.2, 0.25) is 5.02 Å². The lowest BCUT2D eigenvalue weighted by molar-refractivity contribution is 0.0922. The minimum absolute atomic E-state index is 0.110. The van der Waals surface area contributed by atoms with Gasteiger partial charge in [0, 0.05) is 44.0 Å². The normalized spacial score (nSPS) is 14.9. The number of piperazine rings is 1. The Bertz CT molecular complexity index is 1330. The van der Waals surface area contributed by atoms with Crippen molar-refractivity contribution in [2.45, 2.75) is 13.0 Å². The second-order valence-electron chi connectivity index (χ2n) is 8.90. The molecule has 4 aromatic rings. The van der Waals surface area contributed by atoms with Gasteiger partial charge in [-0.1, -0.05) is 35.0 Å². The summed E-state index contributed by atoms with van der Waals surface area (Å²) in [6.07, 6.45) is 1.66. The number of nitrogens with zero attached hydrogens (tertiary/aromatic N) is 3. The molecule has 2 aromatic carbocycles. The summed E-state index contributed by atoms with van der Waals surface area (Å²) in [6, 6.07) is 19.1. The lowest BCUT2D eigenvalue weighted by Gasteiger charge is -2.39. The highest BCUT2D eigenvalue weighted by atomic mass is 35.5. The zero-order valence-electron chi connectivity index (χ0n) is 20.8. The molecule has 0 bridgehead atoms. The number of hydrogen-bond acceptors (Lipinski definition) is 7. The maximum atomic E-state index is 13.4. The molecular formula is C28H29ClN4O4. The van der Waals surface area contributed by atoms with E-state index in [1.54, 1.807) is 26.4 Å². The van der Waals surface area contributed by atoms with Gasteiger partial charge in [0.2, 0.25) is 0 Å². The quantitative estimate of drug-likeness (QED) is 0.342. The number of nitrogens with one attached hydrogen (secondary N) is 1. The summed E-state index contributed by atoms with van der Waals surface area (Å²) in [5.41, 5.74) is 2.64. The number of rotatable bonds is 8. The molecule has 0 saturated carbocycles. The molecule has 37 heavy (non-hydrogen) atoms. The molecule has 9 heteroatoms. The first kappa shape index (κ1) is 24.9. The summed E-state index contributed by atoms with van der Waals surface area (Å²) in [4.78, 5) is 18.0. The summed E-state index contributed by atoms with van der Waals surface area (Å²) in [5, 5.41) is 7.71. The van der Waals surface area contributed by atoms with Crippen molar-refractivity contribution in [3.63, 3.8) is 0 Å². The van der Waals surface area contributed by atoms with Crippen molar-refractivity contribution >= 4 is 23.2 Å². The fourth-order valence-corrected chi connectivity index (χ4v) is 4.95. The number of hydrogen-bond donors (Lipinski definition) is 1. The molecule has 8 nitrogen and oxygen atoms in total. The molecule has 192 valence electrons. The highest BCUT2D eigenvalue weighted by Gasteiger charge is 2.29. The van der Waals surface area contributed by atoms with E-state index in [0.717, 1.165) is 37.7 Å². The number of aromatic nitrogens is 1. The van der Waals surface area contributed by atoms with Gasteiger partial charge < -0.3 is 23.9 Å². The topological polar surface area (TPSA) is 84.0 Å². The van der Waals surface area contributed by atoms with Crippen LogP contribution < -0.4 is 15.0 Å². The first-order chi connectivity index (χ1) is 18.0. The van der Waals surface area contributed by atoms with Gasteiger partial charge in [0.15, 0.2) is 0 Å². The van der Waals surface area contributed by atoms with E-state index in [0.29, 0.717) is 34.1 Å². The molecule has 1 aliphatic rings. The third-order valence-electron chi connectivity index (χ3n) is 6.74. The summed E-state index contributed by atoms with van der Waals surface area (Å²) in [5.74, 6) is 1.83. The van der Waals surface area contributed by atoms with Gasteiger partial charge in [-0.15, -0.1) is 0 Å². The summed E-state index contributed by atoms with van der Waals surface area (Å²) in [6.45, 7) is 5.47. The highest BCUT2D eigenvalue weighted by molar-refractivity contribution is 6.33. The first-order valence-electron chi connectivity index (χ1n) is 12.2. The predicted molar refractivity (Wildman–Crippen MR) is 142 cm³/mol. The Labute approximate surface area is 220 Å². The van der Waals surface area contributed by atoms with Crippen LogP contribution in [0, 0.1) is 6.92 Å². The van der Waals surface area contributed by atoms with E-state index in [2.05, 4.69) is 32.4 Å². The number of anilines is 1. The minimum Gasteiger partial charge on any atom is -0.497 e.